The van der Waals surface area contributed by atoms with Crippen molar-refractivity contribution in [2.45, 2.75) is 13.8 Å². The highest BCUT2D eigenvalue weighted by Gasteiger charge is 2.14. The molecule has 232 valence electrons. The second-order valence-electron chi connectivity index (χ2n) is 11.9. The van der Waals surface area contributed by atoms with E-state index in [-0.39, 0.29) is 0 Å². The Bertz CT molecular complexity index is 2600. The number of aryl methyl sites for hydroxylation is 1. The number of para-hydroxylation sites is 6. The molecule has 0 N–H and O–H groups in total. The fourth-order valence-electron chi connectivity index (χ4n) is 7.27. The van der Waals surface area contributed by atoms with Crippen LogP contribution in [0, 0.1) is 0 Å². The third kappa shape index (κ3) is 4.66. The van der Waals surface area contributed by atoms with Crippen LogP contribution in [0.3, 0.4) is 0 Å². The molecule has 7 aromatic carbocycles. The van der Waals surface area contributed by atoms with Gasteiger partial charge in [0, 0.05) is 61.8 Å². The maximum Gasteiger partial charge on any atom is 0.0541 e. The van der Waals surface area contributed by atoms with E-state index in [0.29, 0.717) is 0 Å². The van der Waals surface area contributed by atoms with Crippen LogP contribution in [0.2, 0.25) is 0 Å². The van der Waals surface area contributed by atoms with E-state index in [4.69, 9.17) is 0 Å². The predicted molar refractivity (Wildman–Crippen MR) is 207 cm³/mol. The van der Waals surface area contributed by atoms with E-state index in [0.717, 1.165) is 0 Å². The maximum absolute atomic E-state index is 2.38. The molecule has 3 heterocycles. The fraction of sp³-hybridized carbons (Fsp3) is 0.0667. The van der Waals surface area contributed by atoms with Crippen molar-refractivity contribution in [1.29, 1.82) is 0 Å². The van der Waals surface area contributed by atoms with E-state index in [9.17, 15) is 0 Å². The van der Waals surface area contributed by atoms with Crippen LogP contribution in [0.5, 0.6) is 0 Å². The van der Waals surface area contributed by atoms with E-state index in [1.165, 1.54) is 76.8 Å². The molecule has 0 radical (unpaired) electrons. The summed E-state index contributed by atoms with van der Waals surface area (Å²) < 4.78 is 6.98. The molecule has 0 aliphatic heterocycles. The van der Waals surface area contributed by atoms with Crippen LogP contribution >= 0.6 is 0 Å². The molecular formula is C45H37N3. The Morgan fingerprint density at radius 1 is 0.292 bits per heavy atom. The van der Waals surface area contributed by atoms with Gasteiger partial charge in [-0.2, -0.15) is 0 Å². The molecule has 0 spiro atoms. The van der Waals surface area contributed by atoms with E-state index in [2.05, 4.69) is 191 Å². The largest absolute Gasteiger partial charge is 0.344 e. The Balaban J connectivity index is 0.000000141. The number of nitrogens with zero attached hydrogens (tertiary/aromatic N) is 3. The Morgan fingerprint density at radius 2 is 0.625 bits per heavy atom. The lowest BCUT2D eigenvalue weighted by atomic mass is 10.1. The van der Waals surface area contributed by atoms with Gasteiger partial charge in [-0.3, -0.25) is 0 Å². The zero-order valence-corrected chi connectivity index (χ0v) is 27.5. The molecule has 0 saturated carbocycles. The highest BCUT2D eigenvalue weighted by atomic mass is 15.0. The van der Waals surface area contributed by atoms with Crippen molar-refractivity contribution in [2.24, 2.45) is 7.05 Å². The molecule has 10 aromatic rings. The molecule has 3 aromatic heterocycles. The number of benzene rings is 7. The summed E-state index contributed by atoms with van der Waals surface area (Å²) in [5.74, 6) is 0. The summed E-state index contributed by atoms with van der Waals surface area (Å²) in [6.07, 6.45) is 0. The molecule has 0 unspecified atom stereocenters. The van der Waals surface area contributed by atoms with Gasteiger partial charge in [0.2, 0.25) is 0 Å². The van der Waals surface area contributed by atoms with Crippen LogP contribution in [-0.2, 0) is 7.05 Å². The molecule has 48 heavy (non-hydrogen) atoms. The lowest BCUT2D eigenvalue weighted by Gasteiger charge is -2.08. The van der Waals surface area contributed by atoms with Gasteiger partial charge in [0.15, 0.2) is 0 Å². The molecule has 3 nitrogen and oxygen atoms in total. The average Bonchev–Trinajstić information content (AvgIpc) is 3.79. The first-order chi connectivity index (χ1) is 23.8. The number of hydrogen-bond donors (Lipinski definition) is 0. The summed E-state index contributed by atoms with van der Waals surface area (Å²) in [4.78, 5) is 0. The number of aromatic nitrogens is 3. The summed E-state index contributed by atoms with van der Waals surface area (Å²) in [7, 11) is 2.14. The van der Waals surface area contributed by atoms with Gasteiger partial charge in [-0.25, -0.2) is 0 Å². The molecule has 0 bridgehead atoms. The Kier molecular flexibility index (Phi) is 7.51. The first-order valence-corrected chi connectivity index (χ1v) is 16.8. The van der Waals surface area contributed by atoms with Crippen LogP contribution in [-0.4, -0.2) is 13.7 Å². The van der Waals surface area contributed by atoms with Gasteiger partial charge in [-0.15, -0.1) is 0 Å². The molecule has 0 saturated heterocycles. The fourth-order valence-corrected chi connectivity index (χ4v) is 7.27. The topological polar surface area (TPSA) is 14.8 Å². The monoisotopic (exact) mass is 619 g/mol. The first-order valence-electron chi connectivity index (χ1n) is 16.8. The standard InChI is InChI=1S/C25H18N2.C18H13N.C2H6/c1-26-22-11-5-2-10-20(22)21-16-17(14-15-23(21)26)27-24-12-6-3-8-18(24)19-9-4-7-13-25(19)27;1-2-8-14(9-3-1)19-17-12-6-4-10-15(17)16-11-5-7-13-18(16)19;1-2/h2-16H,1H3;1-13H;1-2H3. The Morgan fingerprint density at radius 3 is 1.08 bits per heavy atom. The number of rotatable bonds is 2. The zero-order valence-electron chi connectivity index (χ0n) is 27.5. The molecular weight excluding hydrogens is 583 g/mol. The second kappa shape index (κ2) is 12.3. The van der Waals surface area contributed by atoms with Gasteiger partial charge >= 0.3 is 0 Å². The van der Waals surface area contributed by atoms with Crippen LogP contribution in [0.15, 0.2) is 170 Å². The second-order valence-corrected chi connectivity index (χ2v) is 11.9. The van der Waals surface area contributed by atoms with Gasteiger partial charge in [0.25, 0.3) is 0 Å². The molecule has 0 fully saturated rings. The molecule has 0 atom stereocenters. The van der Waals surface area contributed by atoms with Gasteiger partial charge in [0.1, 0.15) is 0 Å². The van der Waals surface area contributed by atoms with Gasteiger partial charge in [0.05, 0.1) is 22.1 Å². The van der Waals surface area contributed by atoms with Crippen molar-refractivity contribution >= 4 is 65.4 Å². The van der Waals surface area contributed by atoms with Gasteiger partial charge in [-0.1, -0.05) is 123 Å². The van der Waals surface area contributed by atoms with Crippen LogP contribution < -0.4 is 0 Å². The first kappa shape index (κ1) is 29.3. The van der Waals surface area contributed by atoms with E-state index >= 15 is 0 Å². The highest BCUT2D eigenvalue weighted by molar-refractivity contribution is 6.12. The van der Waals surface area contributed by atoms with E-state index in [1.54, 1.807) is 0 Å². The van der Waals surface area contributed by atoms with E-state index in [1.807, 2.05) is 13.8 Å². The molecule has 3 heteroatoms. The van der Waals surface area contributed by atoms with Crippen LogP contribution in [0.4, 0.5) is 0 Å². The van der Waals surface area contributed by atoms with Crippen LogP contribution in [0.1, 0.15) is 13.8 Å². The summed E-state index contributed by atoms with van der Waals surface area (Å²) in [5, 5.41) is 7.81. The van der Waals surface area contributed by atoms with Crippen LogP contribution in [0.25, 0.3) is 76.8 Å². The minimum absolute atomic E-state index is 1.20. The Hall–Kier alpha value is -6.06. The Labute approximate surface area is 280 Å². The van der Waals surface area contributed by atoms with Crippen molar-refractivity contribution in [1.82, 2.24) is 13.7 Å². The highest BCUT2D eigenvalue weighted by Crippen LogP contribution is 2.35. The van der Waals surface area contributed by atoms with Gasteiger partial charge < -0.3 is 13.7 Å². The zero-order chi connectivity index (χ0) is 32.6. The smallest absolute Gasteiger partial charge is 0.0541 e. The minimum atomic E-state index is 1.20. The van der Waals surface area contributed by atoms with Crippen molar-refractivity contribution < 1.29 is 0 Å². The third-order valence-corrected chi connectivity index (χ3v) is 9.33. The van der Waals surface area contributed by atoms with Crippen molar-refractivity contribution in [3.8, 4) is 11.4 Å². The summed E-state index contributed by atoms with van der Waals surface area (Å²) in [5.41, 5.74) is 9.96. The summed E-state index contributed by atoms with van der Waals surface area (Å²) >= 11 is 0. The van der Waals surface area contributed by atoms with E-state index < -0.39 is 0 Å². The number of fused-ring (bicyclic) bond motifs is 9. The molecule has 10 rings (SSSR count). The summed E-state index contributed by atoms with van der Waals surface area (Å²) in [6.45, 7) is 4.00. The number of hydrogen-bond acceptors (Lipinski definition) is 0. The minimum Gasteiger partial charge on any atom is -0.344 e. The maximum atomic E-state index is 2.38. The quantitative estimate of drug-likeness (QED) is 0.183. The van der Waals surface area contributed by atoms with Crippen molar-refractivity contribution in [2.75, 3.05) is 0 Å². The molecule has 0 amide bonds. The van der Waals surface area contributed by atoms with Crippen molar-refractivity contribution in [3.63, 3.8) is 0 Å². The summed E-state index contributed by atoms with van der Waals surface area (Å²) in [6, 6.07) is 60.4. The third-order valence-electron chi connectivity index (χ3n) is 9.33. The molecule has 0 aliphatic rings. The SMILES string of the molecule is CC.Cn1c2ccccc2c2cc(-n3c4ccccc4c4ccccc43)ccc21.c1ccc(-n2c3ccccc3c3ccccc32)cc1. The molecule has 0 aliphatic carbocycles. The van der Waals surface area contributed by atoms with Crippen molar-refractivity contribution in [3.05, 3.63) is 170 Å². The lowest BCUT2D eigenvalue weighted by Crippen LogP contribution is -1.94. The lowest BCUT2D eigenvalue weighted by molar-refractivity contribution is 1.01. The van der Waals surface area contributed by atoms with Gasteiger partial charge in [-0.05, 0) is 60.7 Å². The predicted octanol–water partition coefficient (Wildman–Crippen LogP) is 12.2. The normalized spacial score (nSPS) is 11.2. The average molecular weight is 620 g/mol.